The van der Waals surface area contributed by atoms with Gasteiger partial charge in [-0.05, 0) is 67.3 Å². The molecule has 152 valence electrons. The first kappa shape index (κ1) is 18.6. The lowest BCUT2D eigenvalue weighted by Crippen LogP contribution is -2.45. The number of piperidine rings is 1. The van der Waals surface area contributed by atoms with Crippen molar-refractivity contribution in [2.45, 2.75) is 31.7 Å². The molecule has 1 saturated heterocycles. The first-order valence-electron chi connectivity index (χ1n) is 10.3. The highest BCUT2D eigenvalue weighted by Gasteiger charge is 2.30. The van der Waals surface area contributed by atoms with Crippen molar-refractivity contribution in [2.75, 3.05) is 6.54 Å². The highest BCUT2D eigenvalue weighted by molar-refractivity contribution is 5.93. The molecule has 5 rings (SSSR count). The molecule has 1 unspecified atom stereocenters. The summed E-state index contributed by atoms with van der Waals surface area (Å²) < 4.78 is 19.2. The topological polar surface area (TPSA) is 62.1 Å². The van der Waals surface area contributed by atoms with Crippen molar-refractivity contribution in [1.82, 2.24) is 15.1 Å². The highest BCUT2D eigenvalue weighted by atomic mass is 19.1. The maximum absolute atomic E-state index is 13.2. The first-order valence-corrected chi connectivity index (χ1v) is 10.3. The van der Waals surface area contributed by atoms with Crippen molar-refractivity contribution in [3.8, 4) is 11.3 Å². The van der Waals surface area contributed by atoms with Gasteiger partial charge in [0.1, 0.15) is 17.2 Å². The number of likely N-dealkylation sites (tertiary alicyclic amines) is 1. The van der Waals surface area contributed by atoms with Gasteiger partial charge in [-0.25, -0.2) is 4.39 Å². The van der Waals surface area contributed by atoms with Gasteiger partial charge in [0.25, 0.3) is 5.91 Å². The summed E-state index contributed by atoms with van der Waals surface area (Å²) in [5.41, 5.74) is 2.74. The molecule has 3 heterocycles. The lowest BCUT2D eigenvalue weighted by molar-refractivity contribution is 0.0601. The van der Waals surface area contributed by atoms with Crippen molar-refractivity contribution in [3.05, 3.63) is 77.9 Å². The van der Waals surface area contributed by atoms with Gasteiger partial charge in [-0.3, -0.25) is 9.89 Å². The number of H-pyrrole nitrogens is 1. The zero-order chi connectivity index (χ0) is 20.5. The summed E-state index contributed by atoms with van der Waals surface area (Å²) in [6.07, 6.45) is 3.71. The van der Waals surface area contributed by atoms with E-state index in [1.807, 2.05) is 29.2 Å². The van der Waals surface area contributed by atoms with Crippen molar-refractivity contribution in [1.29, 1.82) is 0 Å². The molecule has 0 bridgehead atoms. The summed E-state index contributed by atoms with van der Waals surface area (Å²) in [6.45, 7) is 0.711. The first-order chi connectivity index (χ1) is 14.7. The number of amides is 1. The number of aromatic nitrogens is 2. The molecule has 1 aliphatic heterocycles. The van der Waals surface area contributed by atoms with Gasteiger partial charge in [-0.15, -0.1) is 0 Å². The summed E-state index contributed by atoms with van der Waals surface area (Å²) in [5.74, 6) is 0.520. The average molecular weight is 403 g/mol. The maximum Gasteiger partial charge on any atom is 0.274 e. The number of nitrogens with zero attached hydrogens (tertiary/aromatic N) is 2. The minimum absolute atomic E-state index is 0.0813. The van der Waals surface area contributed by atoms with Gasteiger partial charge in [-0.2, -0.15) is 5.10 Å². The smallest absolute Gasteiger partial charge is 0.274 e. The number of carbonyl (C=O) groups is 1. The zero-order valence-corrected chi connectivity index (χ0v) is 16.5. The van der Waals surface area contributed by atoms with Gasteiger partial charge in [-0.1, -0.05) is 18.2 Å². The molecular weight excluding hydrogens is 381 g/mol. The van der Waals surface area contributed by atoms with Crippen LogP contribution in [-0.4, -0.2) is 33.6 Å². The van der Waals surface area contributed by atoms with Crippen LogP contribution in [0.2, 0.25) is 0 Å². The number of halogens is 1. The van der Waals surface area contributed by atoms with E-state index in [0.717, 1.165) is 41.6 Å². The Labute approximate surface area is 173 Å². The van der Waals surface area contributed by atoms with Crippen LogP contribution >= 0.6 is 0 Å². The predicted octanol–water partition coefficient (Wildman–Crippen LogP) is 5.20. The number of rotatable bonds is 4. The van der Waals surface area contributed by atoms with Crippen LogP contribution in [0.3, 0.4) is 0 Å². The largest absolute Gasteiger partial charge is 0.461 e. The third kappa shape index (κ3) is 3.61. The van der Waals surface area contributed by atoms with Crippen molar-refractivity contribution in [2.24, 2.45) is 0 Å². The number of hydrogen-bond acceptors (Lipinski definition) is 3. The fourth-order valence-electron chi connectivity index (χ4n) is 4.21. The quantitative estimate of drug-likeness (QED) is 0.509. The van der Waals surface area contributed by atoms with E-state index in [2.05, 4.69) is 16.3 Å². The van der Waals surface area contributed by atoms with Crippen LogP contribution in [0.1, 0.15) is 35.5 Å². The van der Waals surface area contributed by atoms with Gasteiger partial charge in [0.2, 0.25) is 0 Å². The Balaban J connectivity index is 1.36. The third-order valence-electron chi connectivity index (χ3n) is 5.75. The lowest BCUT2D eigenvalue weighted by Gasteiger charge is -2.35. The second-order valence-electron chi connectivity index (χ2n) is 7.78. The van der Waals surface area contributed by atoms with E-state index in [0.29, 0.717) is 24.4 Å². The molecule has 0 aliphatic carbocycles. The van der Waals surface area contributed by atoms with Gasteiger partial charge >= 0.3 is 0 Å². The number of aromatic amines is 1. The maximum atomic E-state index is 13.2. The number of carbonyl (C=O) groups excluding carboxylic acids is 1. The Morgan fingerprint density at radius 2 is 1.97 bits per heavy atom. The normalized spacial score (nSPS) is 16.8. The third-order valence-corrected chi connectivity index (χ3v) is 5.75. The molecule has 6 heteroatoms. The van der Waals surface area contributed by atoms with Crippen LogP contribution in [0.25, 0.3) is 22.2 Å². The van der Waals surface area contributed by atoms with Gasteiger partial charge in [0.05, 0.1) is 5.69 Å². The SMILES string of the molecule is O=C(c1cc(-c2ccc(F)cc2)[nH]n1)N1CCCCC1Cc1cc2ccccc2o1. The summed E-state index contributed by atoms with van der Waals surface area (Å²) in [7, 11) is 0. The summed E-state index contributed by atoms with van der Waals surface area (Å²) in [6, 6.07) is 18.0. The molecule has 4 aromatic rings. The molecule has 1 N–H and O–H groups in total. The predicted molar refractivity (Wildman–Crippen MR) is 113 cm³/mol. The number of para-hydroxylation sites is 1. The number of hydrogen-bond donors (Lipinski definition) is 1. The van der Waals surface area contributed by atoms with E-state index < -0.39 is 0 Å². The molecule has 1 amide bonds. The molecule has 2 aromatic heterocycles. The second-order valence-corrected chi connectivity index (χ2v) is 7.78. The van der Waals surface area contributed by atoms with Crippen molar-refractivity contribution < 1.29 is 13.6 Å². The van der Waals surface area contributed by atoms with Crippen LogP contribution in [0.4, 0.5) is 4.39 Å². The molecule has 0 spiro atoms. The Morgan fingerprint density at radius 3 is 2.80 bits per heavy atom. The molecule has 0 saturated carbocycles. The fourth-order valence-corrected chi connectivity index (χ4v) is 4.21. The van der Waals surface area contributed by atoms with Crippen LogP contribution in [0, 0.1) is 5.82 Å². The zero-order valence-electron chi connectivity index (χ0n) is 16.5. The standard InChI is InChI=1S/C24H22FN3O2/c25-18-10-8-16(9-11-18)21-15-22(27-26-21)24(29)28-12-4-3-6-19(28)14-20-13-17-5-1-2-7-23(17)30-20/h1-2,5,7-11,13,15,19H,3-4,6,12,14H2,(H,26,27). The van der Waals surface area contributed by atoms with E-state index in [1.54, 1.807) is 18.2 Å². The van der Waals surface area contributed by atoms with Crippen LogP contribution < -0.4 is 0 Å². The van der Waals surface area contributed by atoms with E-state index >= 15 is 0 Å². The van der Waals surface area contributed by atoms with Crippen LogP contribution in [0.15, 0.2) is 65.1 Å². The van der Waals surface area contributed by atoms with Gasteiger partial charge < -0.3 is 9.32 Å². The molecule has 30 heavy (non-hydrogen) atoms. The minimum Gasteiger partial charge on any atom is -0.461 e. The number of furan rings is 1. The summed E-state index contributed by atoms with van der Waals surface area (Å²) in [5, 5.41) is 8.22. The number of fused-ring (bicyclic) bond motifs is 1. The Bertz CT molecular complexity index is 1150. The van der Waals surface area contributed by atoms with E-state index in [4.69, 9.17) is 4.42 Å². The van der Waals surface area contributed by atoms with E-state index in [1.165, 1.54) is 12.1 Å². The molecule has 5 nitrogen and oxygen atoms in total. The van der Waals surface area contributed by atoms with Crippen LogP contribution in [0.5, 0.6) is 0 Å². The monoisotopic (exact) mass is 403 g/mol. The van der Waals surface area contributed by atoms with Crippen molar-refractivity contribution >= 4 is 16.9 Å². The minimum atomic E-state index is -0.295. The Kier molecular flexibility index (Phi) is 4.83. The molecule has 2 aromatic carbocycles. The Hall–Kier alpha value is -3.41. The molecule has 0 radical (unpaired) electrons. The van der Waals surface area contributed by atoms with Gasteiger partial charge in [0.15, 0.2) is 5.69 Å². The van der Waals surface area contributed by atoms with Gasteiger partial charge in [0, 0.05) is 24.4 Å². The fraction of sp³-hybridized carbons (Fsp3) is 0.250. The summed E-state index contributed by atoms with van der Waals surface area (Å²) in [4.78, 5) is 15.1. The number of nitrogens with one attached hydrogen (secondary N) is 1. The number of benzene rings is 2. The molecule has 1 aliphatic rings. The highest BCUT2D eigenvalue weighted by Crippen LogP contribution is 2.27. The summed E-state index contributed by atoms with van der Waals surface area (Å²) >= 11 is 0. The molecule has 1 fully saturated rings. The molecular formula is C24H22FN3O2. The van der Waals surface area contributed by atoms with Crippen molar-refractivity contribution in [3.63, 3.8) is 0 Å². The van der Waals surface area contributed by atoms with E-state index in [-0.39, 0.29) is 17.8 Å². The second kappa shape index (κ2) is 7.78. The lowest BCUT2D eigenvalue weighted by atomic mass is 9.97. The molecule has 1 atom stereocenters. The average Bonchev–Trinajstić information content (AvgIpc) is 3.41. The van der Waals surface area contributed by atoms with Crippen LogP contribution in [-0.2, 0) is 6.42 Å². The van der Waals surface area contributed by atoms with E-state index in [9.17, 15) is 9.18 Å². The Morgan fingerprint density at radius 1 is 1.13 bits per heavy atom.